The molecule has 0 heteroatoms. The number of benzene rings is 3. The van der Waals surface area contributed by atoms with Gasteiger partial charge >= 0.3 is 0 Å². The highest BCUT2D eigenvalue weighted by atomic mass is 14.0. The summed E-state index contributed by atoms with van der Waals surface area (Å²) < 4.78 is 0. The van der Waals surface area contributed by atoms with Crippen LogP contribution in [0.2, 0.25) is 0 Å². The summed E-state index contributed by atoms with van der Waals surface area (Å²) in [6, 6.07) is 24.8. The largest absolute Gasteiger partial charge is 0.0827 e. The molecule has 0 aliphatic heterocycles. The lowest BCUT2D eigenvalue weighted by molar-refractivity contribution is 1.66. The number of rotatable bonds is 3. The molecular weight excluding hydrogens is 288 g/mol. The van der Waals surface area contributed by atoms with E-state index in [2.05, 4.69) is 67.0 Å². The minimum atomic E-state index is 0.831. The first-order valence-corrected chi connectivity index (χ1v) is 7.91. The lowest BCUT2D eigenvalue weighted by Gasteiger charge is -2.01. The molecule has 0 bridgehead atoms. The molecule has 0 aliphatic rings. The molecule has 3 aromatic carbocycles. The molecule has 0 fully saturated rings. The highest BCUT2D eigenvalue weighted by Crippen LogP contribution is 2.19. The first-order valence-electron chi connectivity index (χ1n) is 7.91. The number of allylic oxidation sites excluding steroid dienone is 4. The molecule has 0 aromatic heterocycles. The smallest absolute Gasteiger partial charge is 0.0249 e. The van der Waals surface area contributed by atoms with Gasteiger partial charge in [0.05, 0.1) is 0 Å². The average Bonchev–Trinajstić information content (AvgIpc) is 2.65. The van der Waals surface area contributed by atoms with Gasteiger partial charge in [0.25, 0.3) is 0 Å². The van der Waals surface area contributed by atoms with Gasteiger partial charge in [-0.05, 0) is 34.0 Å². The summed E-state index contributed by atoms with van der Waals surface area (Å²) in [5.41, 5.74) is 3.07. The molecule has 0 spiro atoms. The monoisotopic (exact) mass is 306 g/mol. The van der Waals surface area contributed by atoms with E-state index < -0.39 is 0 Å². The minimum absolute atomic E-state index is 0.831. The second-order valence-corrected chi connectivity index (χ2v) is 5.44. The normalized spacial score (nSPS) is 10.8. The van der Waals surface area contributed by atoms with Crippen LogP contribution in [-0.4, -0.2) is 0 Å². The molecule has 0 saturated heterocycles. The summed E-state index contributed by atoms with van der Waals surface area (Å²) in [7, 11) is 0. The highest BCUT2D eigenvalue weighted by Gasteiger charge is 1.97. The van der Waals surface area contributed by atoms with E-state index in [1.807, 2.05) is 48.6 Å². The molecule has 0 N–H and O–H groups in total. The SMILES string of the molecule is C=C(C#C/C=C\C=C/c1ccccc1)c1ccc2ccccc2c1. The van der Waals surface area contributed by atoms with Gasteiger partial charge in [0.2, 0.25) is 0 Å². The van der Waals surface area contributed by atoms with Crippen molar-refractivity contribution in [3.63, 3.8) is 0 Å². The Hall–Kier alpha value is -3.30. The third-order valence-electron chi connectivity index (χ3n) is 3.70. The van der Waals surface area contributed by atoms with Crippen LogP contribution in [0.5, 0.6) is 0 Å². The number of hydrogen-bond acceptors (Lipinski definition) is 0. The standard InChI is InChI=1S/C24H18/c1-20(23-18-17-22-15-9-10-16-24(22)19-23)11-5-2-3-6-12-21-13-7-4-8-14-21/h2-4,6-10,12-19H,1H2/b3-2-,12-6-. The zero-order chi connectivity index (χ0) is 16.6. The summed E-state index contributed by atoms with van der Waals surface area (Å²) in [4.78, 5) is 0. The highest BCUT2D eigenvalue weighted by molar-refractivity contribution is 5.88. The van der Waals surface area contributed by atoms with Crippen LogP contribution in [-0.2, 0) is 0 Å². The van der Waals surface area contributed by atoms with Crippen LogP contribution >= 0.6 is 0 Å². The average molecular weight is 306 g/mol. The van der Waals surface area contributed by atoms with Crippen molar-refractivity contribution in [1.82, 2.24) is 0 Å². The van der Waals surface area contributed by atoms with Crippen molar-refractivity contribution in [3.05, 3.63) is 109 Å². The van der Waals surface area contributed by atoms with Crippen molar-refractivity contribution in [2.75, 3.05) is 0 Å². The van der Waals surface area contributed by atoms with Crippen LogP contribution in [0.1, 0.15) is 11.1 Å². The summed E-state index contributed by atoms with van der Waals surface area (Å²) >= 11 is 0. The Balaban J connectivity index is 1.65. The Morgan fingerprint density at radius 2 is 1.54 bits per heavy atom. The summed E-state index contributed by atoms with van der Waals surface area (Å²) in [6.07, 6.45) is 7.82. The van der Waals surface area contributed by atoms with Crippen LogP contribution in [0.4, 0.5) is 0 Å². The van der Waals surface area contributed by atoms with E-state index in [0.29, 0.717) is 0 Å². The predicted molar refractivity (Wildman–Crippen MR) is 105 cm³/mol. The summed E-state index contributed by atoms with van der Waals surface area (Å²) in [6.45, 7) is 4.07. The van der Waals surface area contributed by atoms with Crippen molar-refractivity contribution in [2.24, 2.45) is 0 Å². The van der Waals surface area contributed by atoms with E-state index in [1.165, 1.54) is 16.3 Å². The van der Waals surface area contributed by atoms with Crippen LogP contribution in [0.15, 0.2) is 97.6 Å². The summed E-state index contributed by atoms with van der Waals surface area (Å²) in [5, 5.41) is 2.44. The zero-order valence-corrected chi connectivity index (χ0v) is 13.4. The quantitative estimate of drug-likeness (QED) is 0.403. The van der Waals surface area contributed by atoms with Gasteiger partial charge in [-0.1, -0.05) is 103 Å². The van der Waals surface area contributed by atoms with Crippen LogP contribution in [0.25, 0.3) is 22.4 Å². The third-order valence-corrected chi connectivity index (χ3v) is 3.70. The van der Waals surface area contributed by atoms with Crippen molar-refractivity contribution >= 4 is 22.4 Å². The van der Waals surface area contributed by atoms with E-state index in [9.17, 15) is 0 Å². The van der Waals surface area contributed by atoms with Gasteiger partial charge in [0, 0.05) is 5.57 Å². The van der Waals surface area contributed by atoms with Crippen molar-refractivity contribution in [2.45, 2.75) is 0 Å². The van der Waals surface area contributed by atoms with Crippen molar-refractivity contribution < 1.29 is 0 Å². The van der Waals surface area contributed by atoms with Gasteiger partial charge in [-0.15, -0.1) is 0 Å². The fourth-order valence-corrected chi connectivity index (χ4v) is 2.41. The maximum atomic E-state index is 4.07. The summed E-state index contributed by atoms with van der Waals surface area (Å²) in [5.74, 6) is 6.13. The second-order valence-electron chi connectivity index (χ2n) is 5.44. The fourth-order valence-electron chi connectivity index (χ4n) is 2.41. The molecule has 0 aliphatic carbocycles. The van der Waals surface area contributed by atoms with Crippen molar-refractivity contribution in [3.8, 4) is 11.8 Å². The Kier molecular flexibility index (Phi) is 5.07. The Bertz CT molecular complexity index is 961. The molecule has 0 nitrogen and oxygen atoms in total. The predicted octanol–water partition coefficient (Wildman–Crippen LogP) is 6.13. The Morgan fingerprint density at radius 1 is 0.792 bits per heavy atom. The van der Waals surface area contributed by atoms with Crippen LogP contribution in [0, 0.1) is 11.8 Å². The zero-order valence-electron chi connectivity index (χ0n) is 13.4. The Labute approximate surface area is 143 Å². The molecule has 0 radical (unpaired) electrons. The molecule has 114 valence electrons. The maximum Gasteiger partial charge on any atom is 0.0249 e. The molecule has 3 aromatic rings. The first-order chi connectivity index (χ1) is 11.8. The fraction of sp³-hybridized carbons (Fsp3) is 0. The lowest BCUT2D eigenvalue weighted by Crippen LogP contribution is -1.80. The molecule has 0 amide bonds. The van der Waals surface area contributed by atoms with Gasteiger partial charge in [0.15, 0.2) is 0 Å². The van der Waals surface area contributed by atoms with Gasteiger partial charge < -0.3 is 0 Å². The van der Waals surface area contributed by atoms with E-state index in [0.717, 1.165) is 11.1 Å². The minimum Gasteiger partial charge on any atom is -0.0827 e. The van der Waals surface area contributed by atoms with Gasteiger partial charge in [-0.25, -0.2) is 0 Å². The van der Waals surface area contributed by atoms with Crippen LogP contribution in [0.3, 0.4) is 0 Å². The van der Waals surface area contributed by atoms with E-state index in [-0.39, 0.29) is 0 Å². The second kappa shape index (κ2) is 7.81. The van der Waals surface area contributed by atoms with Crippen LogP contribution < -0.4 is 0 Å². The maximum absolute atomic E-state index is 4.07. The molecule has 3 rings (SSSR count). The van der Waals surface area contributed by atoms with Crippen molar-refractivity contribution in [1.29, 1.82) is 0 Å². The number of hydrogen-bond donors (Lipinski definition) is 0. The topological polar surface area (TPSA) is 0 Å². The van der Waals surface area contributed by atoms with Gasteiger partial charge in [0.1, 0.15) is 0 Å². The molecular formula is C24H18. The lowest BCUT2D eigenvalue weighted by atomic mass is 10.0. The third kappa shape index (κ3) is 4.12. The molecule has 24 heavy (non-hydrogen) atoms. The molecule has 0 atom stereocenters. The van der Waals surface area contributed by atoms with E-state index in [4.69, 9.17) is 0 Å². The Morgan fingerprint density at radius 3 is 2.38 bits per heavy atom. The molecule has 0 saturated carbocycles. The van der Waals surface area contributed by atoms with Gasteiger partial charge in [-0.2, -0.15) is 0 Å². The van der Waals surface area contributed by atoms with E-state index in [1.54, 1.807) is 0 Å². The number of fused-ring (bicyclic) bond motifs is 1. The first kappa shape index (κ1) is 15.6. The molecule has 0 heterocycles. The van der Waals surface area contributed by atoms with E-state index >= 15 is 0 Å². The molecule has 0 unspecified atom stereocenters. The van der Waals surface area contributed by atoms with Gasteiger partial charge in [-0.3, -0.25) is 0 Å².